The Labute approximate surface area is 204 Å². The minimum absolute atomic E-state index is 0.0525. The highest BCUT2D eigenvalue weighted by Gasteiger charge is 2.47. The van der Waals surface area contributed by atoms with Gasteiger partial charge in [-0.3, -0.25) is 4.79 Å². The molecule has 3 heterocycles. The second-order valence-electron chi connectivity index (χ2n) is 10.1. The largest absolute Gasteiger partial charge is 0.433 e. The zero-order chi connectivity index (χ0) is 25.1. The zero-order valence-electron chi connectivity index (χ0n) is 20.5. The Hall–Kier alpha value is -1.98. The van der Waals surface area contributed by atoms with Crippen LogP contribution in [0.25, 0.3) is 0 Å². The highest BCUT2D eigenvalue weighted by molar-refractivity contribution is 5.83. The lowest BCUT2D eigenvalue weighted by Gasteiger charge is -2.40. The molecule has 2 aliphatic heterocycles. The Morgan fingerprint density at radius 1 is 1.29 bits per heavy atom. The van der Waals surface area contributed by atoms with Gasteiger partial charge in [-0.25, -0.2) is 9.97 Å². The summed E-state index contributed by atoms with van der Waals surface area (Å²) in [6, 6.07) is 1.55. The lowest BCUT2D eigenvalue weighted by Crippen LogP contribution is -2.54. The van der Waals surface area contributed by atoms with Gasteiger partial charge in [-0.1, -0.05) is 6.92 Å². The van der Waals surface area contributed by atoms with E-state index in [9.17, 15) is 18.0 Å². The normalized spacial score (nSPS) is 30.0. The maximum absolute atomic E-state index is 13.8. The molecule has 1 amide bonds. The van der Waals surface area contributed by atoms with Gasteiger partial charge in [0.2, 0.25) is 11.9 Å². The number of alkyl halides is 3. The van der Waals surface area contributed by atoms with Crippen LogP contribution in [0, 0.1) is 11.3 Å². The summed E-state index contributed by atoms with van der Waals surface area (Å²) >= 11 is 0. The molecule has 3 fully saturated rings. The van der Waals surface area contributed by atoms with Crippen molar-refractivity contribution in [3.63, 3.8) is 0 Å². The summed E-state index contributed by atoms with van der Waals surface area (Å²) in [5.74, 6) is 0.625. The number of methoxy groups -OCH3 is 1. The quantitative estimate of drug-likeness (QED) is 0.618. The topological polar surface area (TPSA) is 79.8 Å². The van der Waals surface area contributed by atoms with Gasteiger partial charge in [0.25, 0.3) is 0 Å². The monoisotopic (exact) mass is 499 g/mol. The Bertz CT molecular complexity index is 865. The lowest BCUT2D eigenvalue weighted by atomic mass is 9.80. The number of rotatable bonds is 7. The van der Waals surface area contributed by atoms with Gasteiger partial charge in [-0.2, -0.15) is 13.2 Å². The van der Waals surface area contributed by atoms with Gasteiger partial charge in [0.15, 0.2) is 0 Å². The van der Waals surface area contributed by atoms with Gasteiger partial charge in [0.05, 0.1) is 12.0 Å². The minimum Gasteiger partial charge on any atom is -0.385 e. The SMILES string of the molecule is COCC[C@]1(C(=O)N2CCN(c3nccc(C(F)(F)F)n3)CC2)CC[C@@H](NC2CCOCC2C)C1. The zero-order valence-corrected chi connectivity index (χ0v) is 20.5. The van der Waals surface area contributed by atoms with Crippen molar-refractivity contribution >= 4 is 11.9 Å². The molecule has 0 bridgehead atoms. The van der Waals surface area contributed by atoms with Crippen molar-refractivity contribution in [1.82, 2.24) is 20.2 Å². The fraction of sp³-hybridized carbons (Fsp3) is 0.792. The Morgan fingerprint density at radius 3 is 2.74 bits per heavy atom. The van der Waals surface area contributed by atoms with E-state index in [0.29, 0.717) is 51.2 Å². The van der Waals surface area contributed by atoms with Crippen molar-refractivity contribution in [2.75, 3.05) is 58.0 Å². The van der Waals surface area contributed by atoms with E-state index in [1.165, 1.54) is 0 Å². The molecule has 1 saturated carbocycles. The molecule has 0 aromatic carbocycles. The number of aromatic nitrogens is 2. The van der Waals surface area contributed by atoms with E-state index in [-0.39, 0.29) is 17.9 Å². The van der Waals surface area contributed by atoms with Crippen molar-refractivity contribution in [3.8, 4) is 0 Å². The van der Waals surface area contributed by atoms with Gasteiger partial charge in [-0.05, 0) is 44.1 Å². The molecule has 1 aromatic heterocycles. The molecule has 4 rings (SSSR count). The van der Waals surface area contributed by atoms with E-state index in [1.807, 2.05) is 4.90 Å². The molecule has 4 atom stereocenters. The van der Waals surface area contributed by atoms with Crippen LogP contribution < -0.4 is 10.2 Å². The first-order valence-electron chi connectivity index (χ1n) is 12.5. The molecule has 196 valence electrons. The number of anilines is 1. The molecule has 2 saturated heterocycles. The molecule has 11 heteroatoms. The highest BCUT2D eigenvalue weighted by Crippen LogP contribution is 2.43. The molecular formula is C24H36F3N5O3. The maximum Gasteiger partial charge on any atom is 0.433 e. The third-order valence-electron chi connectivity index (χ3n) is 7.72. The Kier molecular flexibility index (Phi) is 8.17. The molecule has 0 spiro atoms. The predicted molar refractivity (Wildman–Crippen MR) is 124 cm³/mol. The predicted octanol–water partition coefficient (Wildman–Crippen LogP) is 2.73. The summed E-state index contributed by atoms with van der Waals surface area (Å²) in [6.07, 6.45) is 0.790. The molecule has 2 unspecified atom stereocenters. The number of hydrogen-bond donors (Lipinski definition) is 1. The van der Waals surface area contributed by atoms with Crippen LogP contribution >= 0.6 is 0 Å². The number of halogens is 3. The number of nitrogens with one attached hydrogen (secondary N) is 1. The van der Waals surface area contributed by atoms with Gasteiger partial charge >= 0.3 is 6.18 Å². The van der Waals surface area contributed by atoms with E-state index in [1.54, 1.807) is 12.0 Å². The fourth-order valence-electron chi connectivity index (χ4n) is 5.63. The first-order valence-corrected chi connectivity index (χ1v) is 12.5. The third-order valence-corrected chi connectivity index (χ3v) is 7.72. The summed E-state index contributed by atoms with van der Waals surface area (Å²) in [5.41, 5.74) is -1.43. The third kappa shape index (κ3) is 6.06. The number of amides is 1. The Morgan fingerprint density at radius 2 is 2.06 bits per heavy atom. The van der Waals surface area contributed by atoms with Gasteiger partial charge in [0, 0.05) is 64.8 Å². The summed E-state index contributed by atoms with van der Waals surface area (Å²) < 4.78 is 50.0. The number of nitrogens with zero attached hydrogens (tertiary/aromatic N) is 4. The van der Waals surface area contributed by atoms with E-state index in [2.05, 4.69) is 22.2 Å². The summed E-state index contributed by atoms with van der Waals surface area (Å²) in [6.45, 7) is 5.90. The van der Waals surface area contributed by atoms with Crippen LogP contribution in [-0.2, 0) is 20.4 Å². The van der Waals surface area contributed by atoms with E-state index in [0.717, 1.165) is 51.2 Å². The number of carbonyl (C=O) groups is 1. The van der Waals surface area contributed by atoms with Crippen molar-refractivity contribution in [3.05, 3.63) is 18.0 Å². The van der Waals surface area contributed by atoms with Crippen LogP contribution in [-0.4, -0.2) is 86.0 Å². The lowest BCUT2D eigenvalue weighted by molar-refractivity contribution is -0.143. The van der Waals surface area contributed by atoms with Crippen LogP contribution in [0.5, 0.6) is 0 Å². The smallest absolute Gasteiger partial charge is 0.385 e. The van der Waals surface area contributed by atoms with Gasteiger partial charge in [0.1, 0.15) is 5.69 Å². The highest BCUT2D eigenvalue weighted by atomic mass is 19.4. The second kappa shape index (κ2) is 11.0. The van der Waals surface area contributed by atoms with E-state index < -0.39 is 17.3 Å². The first-order chi connectivity index (χ1) is 16.7. The number of piperazine rings is 1. The fourth-order valence-corrected chi connectivity index (χ4v) is 5.63. The number of carbonyl (C=O) groups excluding carboxylic acids is 1. The minimum atomic E-state index is -4.52. The van der Waals surface area contributed by atoms with E-state index >= 15 is 0 Å². The molecule has 1 aliphatic carbocycles. The van der Waals surface area contributed by atoms with Gasteiger partial charge in [-0.15, -0.1) is 0 Å². The maximum atomic E-state index is 13.8. The van der Waals surface area contributed by atoms with Crippen LogP contribution in [0.15, 0.2) is 12.3 Å². The molecule has 35 heavy (non-hydrogen) atoms. The average Bonchev–Trinajstić information content (AvgIpc) is 3.27. The van der Waals surface area contributed by atoms with Crippen molar-refractivity contribution in [1.29, 1.82) is 0 Å². The van der Waals surface area contributed by atoms with Crippen LogP contribution in [0.4, 0.5) is 19.1 Å². The van der Waals surface area contributed by atoms with Crippen LogP contribution in [0.2, 0.25) is 0 Å². The number of ether oxygens (including phenoxy) is 2. The molecule has 0 radical (unpaired) electrons. The molecule has 8 nitrogen and oxygen atoms in total. The van der Waals surface area contributed by atoms with Crippen molar-refractivity contribution in [2.45, 2.75) is 57.3 Å². The van der Waals surface area contributed by atoms with Crippen molar-refractivity contribution < 1.29 is 27.4 Å². The summed E-state index contributed by atoms with van der Waals surface area (Å²) in [4.78, 5) is 25.1. The van der Waals surface area contributed by atoms with E-state index in [4.69, 9.17) is 9.47 Å². The number of hydrogen-bond acceptors (Lipinski definition) is 7. The van der Waals surface area contributed by atoms with Crippen LogP contribution in [0.3, 0.4) is 0 Å². The summed E-state index contributed by atoms with van der Waals surface area (Å²) in [7, 11) is 1.65. The molecule has 1 N–H and O–H groups in total. The second-order valence-corrected chi connectivity index (χ2v) is 10.1. The van der Waals surface area contributed by atoms with Crippen molar-refractivity contribution in [2.24, 2.45) is 11.3 Å². The summed E-state index contributed by atoms with van der Waals surface area (Å²) in [5, 5.41) is 3.79. The Balaban J connectivity index is 1.38. The first kappa shape index (κ1) is 26.1. The molecular weight excluding hydrogens is 463 g/mol. The molecule has 3 aliphatic rings. The molecule has 1 aromatic rings. The van der Waals surface area contributed by atoms with Gasteiger partial charge < -0.3 is 24.6 Å². The van der Waals surface area contributed by atoms with Crippen LogP contribution in [0.1, 0.15) is 44.7 Å². The standard InChI is InChI=1S/C24H36F3N5O3/c1-17-16-35-13-5-19(17)29-18-3-6-23(15-18,7-14-34-2)21(33)31-9-11-32(12-10-31)22-28-8-4-20(30-22)24(25,26)27/h4,8,17-19,29H,3,5-7,9-16H2,1-2H3/t17?,18-,19?,23-/m1/s1. The average molecular weight is 500 g/mol.